The first-order chi connectivity index (χ1) is 13.9. The van der Waals surface area contributed by atoms with Gasteiger partial charge < -0.3 is 9.80 Å². The lowest BCUT2D eigenvalue weighted by Crippen LogP contribution is -2.49. The predicted octanol–water partition coefficient (Wildman–Crippen LogP) is 2.07. The molecule has 0 aliphatic carbocycles. The quantitative estimate of drug-likeness (QED) is 0.777. The zero-order valence-electron chi connectivity index (χ0n) is 16.2. The van der Waals surface area contributed by atoms with Crippen LogP contribution >= 0.6 is 0 Å². The van der Waals surface area contributed by atoms with Gasteiger partial charge in [0.25, 0.3) is 5.91 Å². The number of hydrogen-bond donors (Lipinski definition) is 1. The van der Waals surface area contributed by atoms with Gasteiger partial charge in [-0.1, -0.05) is 13.0 Å². The van der Waals surface area contributed by atoms with Gasteiger partial charge in [0.15, 0.2) is 0 Å². The van der Waals surface area contributed by atoms with Gasteiger partial charge in [-0.25, -0.2) is 13.4 Å². The van der Waals surface area contributed by atoms with E-state index in [0.29, 0.717) is 55.2 Å². The number of hydrogen-bond acceptors (Lipinski definition) is 6. The normalized spacial score (nSPS) is 14.3. The van der Waals surface area contributed by atoms with Crippen molar-refractivity contribution < 1.29 is 13.2 Å². The number of nitriles is 1. The maximum atomic E-state index is 12.9. The third-order valence-electron chi connectivity index (χ3n) is 4.63. The molecule has 0 spiro atoms. The Balaban J connectivity index is 1.67. The van der Waals surface area contributed by atoms with Crippen molar-refractivity contribution in [2.75, 3.05) is 41.6 Å². The third-order valence-corrected chi connectivity index (χ3v) is 6.12. The van der Waals surface area contributed by atoms with Gasteiger partial charge in [0.2, 0.25) is 10.0 Å². The van der Waals surface area contributed by atoms with Crippen molar-refractivity contribution in [2.45, 2.75) is 13.3 Å². The van der Waals surface area contributed by atoms with E-state index in [4.69, 9.17) is 0 Å². The van der Waals surface area contributed by atoms with Crippen LogP contribution in [0.25, 0.3) is 0 Å². The van der Waals surface area contributed by atoms with Crippen molar-refractivity contribution in [1.29, 1.82) is 5.26 Å². The zero-order valence-corrected chi connectivity index (χ0v) is 17.0. The molecule has 2 aromatic rings. The number of nitrogens with zero attached hydrogens (tertiary/aromatic N) is 4. The number of piperazine rings is 1. The number of amides is 1. The van der Waals surface area contributed by atoms with Crippen LogP contribution in [-0.2, 0) is 10.0 Å². The molecule has 2 heterocycles. The third kappa shape index (κ3) is 5.03. The summed E-state index contributed by atoms with van der Waals surface area (Å²) in [5, 5.41) is 9.25. The SMILES string of the molecule is CCCS(=O)(=O)Nc1cccc(C(=O)N2CCN(c3ncccc3C#N)CC2)c1. The molecule has 1 fully saturated rings. The highest BCUT2D eigenvalue weighted by atomic mass is 32.2. The summed E-state index contributed by atoms with van der Waals surface area (Å²) in [5.41, 5.74) is 1.33. The number of anilines is 2. The first-order valence-electron chi connectivity index (χ1n) is 9.43. The van der Waals surface area contributed by atoms with Crippen LogP contribution in [0.4, 0.5) is 11.5 Å². The van der Waals surface area contributed by atoms with E-state index in [2.05, 4.69) is 15.8 Å². The van der Waals surface area contributed by atoms with Crippen molar-refractivity contribution >= 4 is 27.4 Å². The summed E-state index contributed by atoms with van der Waals surface area (Å²) in [4.78, 5) is 20.9. The molecule has 9 heteroatoms. The van der Waals surface area contributed by atoms with Crippen molar-refractivity contribution in [3.8, 4) is 6.07 Å². The van der Waals surface area contributed by atoms with Crippen molar-refractivity contribution in [2.24, 2.45) is 0 Å². The highest BCUT2D eigenvalue weighted by Crippen LogP contribution is 2.20. The van der Waals surface area contributed by atoms with Crippen LogP contribution in [0.5, 0.6) is 0 Å². The smallest absolute Gasteiger partial charge is 0.254 e. The Kier molecular flexibility index (Phi) is 6.34. The van der Waals surface area contributed by atoms with E-state index in [-0.39, 0.29) is 11.7 Å². The van der Waals surface area contributed by atoms with Crippen LogP contribution in [0.1, 0.15) is 29.3 Å². The Labute approximate surface area is 170 Å². The molecule has 0 saturated carbocycles. The average Bonchev–Trinajstić information content (AvgIpc) is 2.73. The van der Waals surface area contributed by atoms with Gasteiger partial charge in [0.1, 0.15) is 11.9 Å². The van der Waals surface area contributed by atoms with Crippen molar-refractivity contribution in [3.05, 3.63) is 53.7 Å². The first-order valence-corrected chi connectivity index (χ1v) is 11.1. The second-order valence-electron chi connectivity index (χ2n) is 6.77. The molecule has 0 bridgehead atoms. The maximum Gasteiger partial charge on any atom is 0.254 e. The Bertz CT molecular complexity index is 1020. The second-order valence-corrected chi connectivity index (χ2v) is 8.61. The fourth-order valence-corrected chi connectivity index (χ4v) is 4.38. The molecule has 1 aromatic carbocycles. The number of pyridine rings is 1. The molecular weight excluding hydrogens is 390 g/mol. The van der Waals surface area contributed by atoms with Gasteiger partial charge >= 0.3 is 0 Å². The lowest BCUT2D eigenvalue weighted by atomic mass is 10.1. The van der Waals surface area contributed by atoms with Gasteiger partial charge in [-0.3, -0.25) is 9.52 Å². The number of rotatable bonds is 6. The highest BCUT2D eigenvalue weighted by molar-refractivity contribution is 7.92. The molecule has 0 radical (unpaired) electrons. The van der Waals surface area contributed by atoms with E-state index in [1.807, 2.05) is 4.90 Å². The van der Waals surface area contributed by atoms with Crippen LogP contribution in [-0.4, -0.2) is 56.1 Å². The van der Waals surface area contributed by atoms with E-state index in [1.165, 1.54) is 0 Å². The Morgan fingerprint density at radius 1 is 1.21 bits per heavy atom. The molecule has 3 rings (SSSR count). The van der Waals surface area contributed by atoms with Crippen LogP contribution in [0.3, 0.4) is 0 Å². The monoisotopic (exact) mass is 413 g/mol. The average molecular weight is 414 g/mol. The molecule has 8 nitrogen and oxygen atoms in total. The Morgan fingerprint density at radius 2 is 1.97 bits per heavy atom. The fourth-order valence-electron chi connectivity index (χ4n) is 3.26. The minimum Gasteiger partial charge on any atom is -0.352 e. The Morgan fingerprint density at radius 3 is 2.66 bits per heavy atom. The lowest BCUT2D eigenvalue weighted by Gasteiger charge is -2.35. The molecule has 1 N–H and O–H groups in total. The standard InChI is InChI=1S/C20H23N5O3S/c1-2-13-29(27,28)23-18-7-3-5-16(14-18)20(26)25-11-9-24(10-12-25)19-17(15-21)6-4-8-22-19/h3-8,14,23H,2,9-13H2,1H3. The van der Waals surface area contributed by atoms with Gasteiger partial charge in [-0.15, -0.1) is 0 Å². The second kappa shape index (κ2) is 8.92. The molecule has 152 valence electrons. The molecule has 0 atom stereocenters. The van der Waals surface area contributed by atoms with E-state index < -0.39 is 10.0 Å². The maximum absolute atomic E-state index is 12.9. The number of sulfonamides is 1. The minimum absolute atomic E-state index is 0.0331. The van der Waals surface area contributed by atoms with Gasteiger partial charge in [-0.2, -0.15) is 5.26 Å². The predicted molar refractivity (Wildman–Crippen MR) is 111 cm³/mol. The van der Waals surface area contributed by atoms with Gasteiger partial charge in [-0.05, 0) is 36.8 Å². The van der Waals surface area contributed by atoms with Crippen LogP contribution in [0.2, 0.25) is 0 Å². The van der Waals surface area contributed by atoms with E-state index >= 15 is 0 Å². The number of carbonyl (C=O) groups is 1. The van der Waals surface area contributed by atoms with E-state index in [1.54, 1.807) is 54.4 Å². The summed E-state index contributed by atoms with van der Waals surface area (Å²) in [6, 6.07) is 12.1. The minimum atomic E-state index is -3.41. The van der Waals surface area contributed by atoms with Crippen molar-refractivity contribution in [1.82, 2.24) is 9.88 Å². The van der Waals surface area contributed by atoms with Crippen LogP contribution in [0, 0.1) is 11.3 Å². The molecule has 1 amide bonds. The summed E-state index contributed by atoms with van der Waals surface area (Å²) in [6.45, 7) is 3.92. The molecule has 1 aliphatic rings. The van der Waals surface area contributed by atoms with E-state index in [0.717, 1.165) is 0 Å². The topological polar surface area (TPSA) is 106 Å². The Hall–Kier alpha value is -3.12. The summed E-state index contributed by atoms with van der Waals surface area (Å²) < 4.78 is 26.4. The number of carbonyl (C=O) groups excluding carboxylic acids is 1. The summed E-state index contributed by atoms with van der Waals surface area (Å²) in [7, 11) is -3.41. The summed E-state index contributed by atoms with van der Waals surface area (Å²) in [6.07, 6.45) is 2.17. The first kappa shape index (κ1) is 20.6. The van der Waals surface area contributed by atoms with Crippen LogP contribution < -0.4 is 9.62 Å². The number of benzene rings is 1. The van der Waals surface area contributed by atoms with E-state index in [9.17, 15) is 18.5 Å². The molecule has 1 aliphatic heterocycles. The number of nitrogens with one attached hydrogen (secondary N) is 1. The van der Waals surface area contributed by atoms with Crippen molar-refractivity contribution in [3.63, 3.8) is 0 Å². The largest absolute Gasteiger partial charge is 0.352 e. The molecule has 1 aromatic heterocycles. The summed E-state index contributed by atoms with van der Waals surface area (Å²) in [5.74, 6) is 0.517. The molecule has 0 unspecified atom stereocenters. The fraction of sp³-hybridized carbons (Fsp3) is 0.350. The van der Waals surface area contributed by atoms with Gasteiger partial charge in [0, 0.05) is 43.6 Å². The molecule has 1 saturated heterocycles. The molecular formula is C20H23N5O3S. The molecule has 29 heavy (non-hydrogen) atoms. The lowest BCUT2D eigenvalue weighted by molar-refractivity contribution is 0.0746. The van der Waals surface area contributed by atoms with Gasteiger partial charge in [0.05, 0.1) is 11.3 Å². The van der Waals surface area contributed by atoms with Crippen LogP contribution in [0.15, 0.2) is 42.6 Å². The zero-order chi connectivity index (χ0) is 20.9. The highest BCUT2D eigenvalue weighted by Gasteiger charge is 2.24. The summed E-state index contributed by atoms with van der Waals surface area (Å²) >= 11 is 0. The number of aromatic nitrogens is 1.